The van der Waals surface area contributed by atoms with Gasteiger partial charge in [-0.2, -0.15) is 0 Å². The smallest absolute Gasteiger partial charge is 0.257 e. The molecular weight excluding hydrogens is 434 g/mol. The number of nitrogens with zero attached hydrogens (tertiary/aromatic N) is 4. The number of likely N-dealkylation sites (tertiary alicyclic amines) is 1. The summed E-state index contributed by atoms with van der Waals surface area (Å²) >= 11 is 7.50. The summed E-state index contributed by atoms with van der Waals surface area (Å²) in [6.07, 6.45) is 2.15. The molecule has 0 atom stereocenters. The highest BCUT2D eigenvalue weighted by molar-refractivity contribution is 7.99. The van der Waals surface area contributed by atoms with E-state index in [4.69, 9.17) is 11.6 Å². The maximum absolute atomic E-state index is 12.5. The number of hydrogen-bond acceptors (Lipinski definition) is 5. The first-order valence-electron chi connectivity index (χ1n) is 9.99. The number of benzene rings is 2. The van der Waals surface area contributed by atoms with Crippen molar-refractivity contribution in [1.29, 1.82) is 0 Å². The van der Waals surface area contributed by atoms with Crippen molar-refractivity contribution in [2.75, 3.05) is 24.2 Å². The van der Waals surface area contributed by atoms with E-state index in [9.17, 15) is 9.59 Å². The zero-order valence-corrected chi connectivity index (χ0v) is 18.6. The molecule has 2 aromatic carbocycles. The third kappa shape index (κ3) is 4.91. The number of aromatic nitrogens is 3. The van der Waals surface area contributed by atoms with E-state index >= 15 is 0 Å². The van der Waals surface area contributed by atoms with Gasteiger partial charge in [-0.15, -0.1) is 10.2 Å². The zero-order valence-electron chi connectivity index (χ0n) is 17.0. The number of amides is 2. The Morgan fingerprint density at radius 3 is 2.65 bits per heavy atom. The van der Waals surface area contributed by atoms with E-state index in [-0.39, 0.29) is 11.8 Å². The summed E-state index contributed by atoms with van der Waals surface area (Å²) in [5, 5.41) is 12.5. The summed E-state index contributed by atoms with van der Waals surface area (Å²) in [6.45, 7) is 1.69. The second kappa shape index (κ2) is 9.53. The molecule has 31 heavy (non-hydrogen) atoms. The maximum atomic E-state index is 12.5. The van der Waals surface area contributed by atoms with Crippen LogP contribution in [0.15, 0.2) is 53.7 Å². The Morgan fingerprint density at radius 1 is 1.10 bits per heavy atom. The van der Waals surface area contributed by atoms with Gasteiger partial charge >= 0.3 is 0 Å². The summed E-state index contributed by atoms with van der Waals surface area (Å²) in [5.41, 5.74) is 1.85. The predicted molar refractivity (Wildman–Crippen MR) is 122 cm³/mol. The van der Waals surface area contributed by atoms with E-state index < -0.39 is 0 Å². The zero-order chi connectivity index (χ0) is 21.8. The average Bonchev–Trinajstić information content (AvgIpc) is 3.43. The van der Waals surface area contributed by atoms with E-state index in [0.29, 0.717) is 33.0 Å². The highest BCUT2D eigenvalue weighted by atomic mass is 35.5. The quantitative estimate of drug-likeness (QED) is 0.566. The van der Waals surface area contributed by atoms with Gasteiger partial charge < -0.3 is 14.8 Å². The summed E-state index contributed by atoms with van der Waals surface area (Å²) in [5.74, 6) is 0.860. The molecule has 0 radical (unpaired) electrons. The van der Waals surface area contributed by atoms with Crippen molar-refractivity contribution in [3.8, 4) is 11.4 Å². The number of carbonyl (C=O) groups excluding carboxylic acids is 2. The second-order valence-corrected chi connectivity index (χ2v) is 8.61. The van der Waals surface area contributed by atoms with Crippen molar-refractivity contribution in [3.63, 3.8) is 0 Å². The molecule has 2 amide bonds. The van der Waals surface area contributed by atoms with E-state index in [2.05, 4.69) is 15.5 Å². The molecule has 0 spiro atoms. The van der Waals surface area contributed by atoms with Crippen LogP contribution in [0, 0.1) is 0 Å². The van der Waals surface area contributed by atoms with Crippen LogP contribution in [0.4, 0.5) is 5.69 Å². The number of anilines is 1. The summed E-state index contributed by atoms with van der Waals surface area (Å²) in [4.78, 5) is 26.7. The molecule has 1 aromatic heterocycles. The van der Waals surface area contributed by atoms with Crippen LogP contribution in [-0.2, 0) is 11.8 Å². The van der Waals surface area contributed by atoms with Crippen LogP contribution in [0.2, 0.25) is 5.02 Å². The van der Waals surface area contributed by atoms with Gasteiger partial charge in [-0.25, -0.2) is 0 Å². The van der Waals surface area contributed by atoms with Crippen LogP contribution in [0.25, 0.3) is 11.4 Å². The molecule has 0 aliphatic carbocycles. The van der Waals surface area contributed by atoms with Crippen molar-refractivity contribution in [2.45, 2.75) is 18.0 Å². The monoisotopic (exact) mass is 455 g/mol. The molecule has 0 saturated carbocycles. The fourth-order valence-corrected chi connectivity index (χ4v) is 4.49. The molecule has 3 aromatic rings. The van der Waals surface area contributed by atoms with Crippen molar-refractivity contribution < 1.29 is 9.59 Å². The first kappa shape index (κ1) is 21.4. The summed E-state index contributed by atoms with van der Waals surface area (Å²) in [7, 11) is 1.87. The number of nitrogens with one attached hydrogen (secondary N) is 1. The van der Waals surface area contributed by atoms with Crippen LogP contribution < -0.4 is 5.32 Å². The number of halogens is 1. The molecule has 1 N–H and O–H groups in total. The molecule has 1 fully saturated rings. The van der Waals surface area contributed by atoms with Gasteiger partial charge in [0.25, 0.3) is 5.91 Å². The molecule has 7 nitrogen and oxygen atoms in total. The Bertz CT molecular complexity index is 1110. The first-order chi connectivity index (χ1) is 15.0. The van der Waals surface area contributed by atoms with E-state index in [1.807, 2.05) is 34.7 Å². The molecular formula is C22H22ClN5O2S. The fraction of sp³-hybridized carbons (Fsp3) is 0.273. The molecule has 1 aliphatic heterocycles. The van der Waals surface area contributed by atoms with E-state index in [1.54, 1.807) is 30.3 Å². The number of rotatable bonds is 6. The molecule has 160 valence electrons. The molecule has 0 bridgehead atoms. The average molecular weight is 456 g/mol. The van der Waals surface area contributed by atoms with Crippen molar-refractivity contribution in [3.05, 3.63) is 59.1 Å². The Labute approximate surface area is 189 Å². The highest BCUT2D eigenvalue weighted by Crippen LogP contribution is 2.26. The lowest BCUT2D eigenvalue weighted by molar-refractivity contribution is -0.127. The predicted octanol–water partition coefficient (Wildman–Crippen LogP) is 4.10. The van der Waals surface area contributed by atoms with E-state index in [0.717, 1.165) is 31.5 Å². The topological polar surface area (TPSA) is 80.1 Å². The van der Waals surface area contributed by atoms with Crippen molar-refractivity contribution in [1.82, 2.24) is 19.7 Å². The maximum Gasteiger partial charge on any atom is 0.257 e. The number of carbonyl (C=O) groups is 2. The van der Waals surface area contributed by atoms with Gasteiger partial charge in [0.1, 0.15) is 0 Å². The lowest BCUT2D eigenvalue weighted by Crippen LogP contribution is -2.29. The van der Waals surface area contributed by atoms with Gasteiger partial charge in [-0.3, -0.25) is 9.59 Å². The molecule has 2 heterocycles. The van der Waals surface area contributed by atoms with Crippen molar-refractivity contribution >= 4 is 40.9 Å². The van der Waals surface area contributed by atoms with Crippen LogP contribution in [0.3, 0.4) is 0 Å². The fourth-order valence-electron chi connectivity index (χ4n) is 3.46. The minimum atomic E-state index is -0.280. The van der Waals surface area contributed by atoms with E-state index in [1.165, 1.54) is 11.8 Å². The molecule has 1 aliphatic rings. The van der Waals surface area contributed by atoms with Crippen LogP contribution in [0.1, 0.15) is 23.2 Å². The van der Waals surface area contributed by atoms with Crippen molar-refractivity contribution in [2.24, 2.45) is 7.05 Å². The lowest BCUT2D eigenvalue weighted by atomic mass is 10.1. The SMILES string of the molecule is Cn1c(SCC(=O)N2CCCC2)nnc1-c1cccc(NC(=O)c2ccccc2Cl)c1. The Balaban J connectivity index is 1.46. The van der Waals surface area contributed by atoms with Gasteiger partial charge in [0, 0.05) is 31.4 Å². The summed E-state index contributed by atoms with van der Waals surface area (Å²) in [6, 6.07) is 14.3. The standard InChI is InChI=1S/C22H22ClN5O2S/c1-27-20(25-26-22(27)31-14-19(29)28-11-4-5-12-28)15-7-6-8-16(13-15)24-21(30)17-9-2-3-10-18(17)23/h2-3,6-10,13H,4-5,11-12,14H2,1H3,(H,24,30). The lowest BCUT2D eigenvalue weighted by Gasteiger charge is -2.14. The molecule has 9 heteroatoms. The summed E-state index contributed by atoms with van der Waals surface area (Å²) < 4.78 is 1.86. The normalized spacial score (nSPS) is 13.4. The molecule has 1 saturated heterocycles. The van der Waals surface area contributed by atoms with Gasteiger partial charge in [0.15, 0.2) is 11.0 Å². The third-order valence-corrected chi connectivity index (χ3v) is 6.45. The molecule has 4 rings (SSSR count). The minimum Gasteiger partial charge on any atom is -0.342 e. The van der Waals surface area contributed by atoms with Crippen LogP contribution >= 0.6 is 23.4 Å². The highest BCUT2D eigenvalue weighted by Gasteiger charge is 2.20. The van der Waals surface area contributed by atoms with Gasteiger partial charge in [0.2, 0.25) is 5.91 Å². The largest absolute Gasteiger partial charge is 0.342 e. The first-order valence-corrected chi connectivity index (χ1v) is 11.4. The van der Waals surface area contributed by atoms with Gasteiger partial charge in [0.05, 0.1) is 16.3 Å². The Hall–Kier alpha value is -2.84. The van der Waals surface area contributed by atoms with Gasteiger partial charge in [-0.05, 0) is 37.1 Å². The minimum absolute atomic E-state index is 0.135. The Kier molecular flexibility index (Phi) is 6.58. The van der Waals surface area contributed by atoms with Gasteiger partial charge in [-0.1, -0.05) is 47.6 Å². The number of thioether (sulfide) groups is 1. The van der Waals surface area contributed by atoms with Crippen LogP contribution in [-0.4, -0.2) is 50.3 Å². The van der Waals surface area contributed by atoms with Crippen LogP contribution in [0.5, 0.6) is 0 Å². The molecule has 0 unspecified atom stereocenters. The Morgan fingerprint density at radius 2 is 1.87 bits per heavy atom. The number of hydrogen-bond donors (Lipinski definition) is 1. The second-order valence-electron chi connectivity index (χ2n) is 7.26. The third-order valence-electron chi connectivity index (χ3n) is 5.12.